The van der Waals surface area contributed by atoms with Crippen LogP contribution in [-0.4, -0.2) is 83.9 Å². The number of halogens is 3. The minimum absolute atomic E-state index is 0.00928. The van der Waals surface area contributed by atoms with Crippen LogP contribution in [0.2, 0.25) is 0 Å². The lowest BCUT2D eigenvalue weighted by Crippen LogP contribution is -2.57. The van der Waals surface area contributed by atoms with Crippen LogP contribution >= 0.6 is 0 Å². The van der Waals surface area contributed by atoms with Crippen LogP contribution in [0.5, 0.6) is 5.88 Å². The van der Waals surface area contributed by atoms with Crippen molar-refractivity contribution in [3.63, 3.8) is 0 Å². The van der Waals surface area contributed by atoms with Crippen LogP contribution in [0.15, 0.2) is 29.5 Å². The number of benzene rings is 1. The highest BCUT2D eigenvalue weighted by Crippen LogP contribution is 2.38. The van der Waals surface area contributed by atoms with E-state index in [0.29, 0.717) is 43.1 Å². The van der Waals surface area contributed by atoms with Gasteiger partial charge < -0.3 is 20.1 Å². The first-order chi connectivity index (χ1) is 17.9. The van der Waals surface area contributed by atoms with Crippen LogP contribution in [0, 0.1) is 11.3 Å². The SMILES string of the molecule is COc1nc(N[C@H]2CCN(C3COC3)C[C@H]2F)nn2cc(F)c(-c3ccc(N=N)c(NC[C@@H](C)F)c3)c12. The van der Waals surface area contributed by atoms with Crippen molar-refractivity contribution in [3.8, 4) is 17.0 Å². The van der Waals surface area contributed by atoms with Gasteiger partial charge in [-0.2, -0.15) is 10.1 Å². The van der Waals surface area contributed by atoms with E-state index in [1.807, 2.05) is 0 Å². The number of nitrogens with zero attached hydrogens (tertiary/aromatic N) is 5. The molecule has 0 radical (unpaired) electrons. The predicted molar refractivity (Wildman–Crippen MR) is 132 cm³/mol. The van der Waals surface area contributed by atoms with Crippen molar-refractivity contribution < 1.29 is 22.6 Å². The lowest BCUT2D eigenvalue weighted by Gasteiger charge is -2.42. The zero-order valence-electron chi connectivity index (χ0n) is 20.5. The molecule has 3 atom stereocenters. The number of alkyl halides is 2. The van der Waals surface area contributed by atoms with E-state index in [1.54, 1.807) is 18.2 Å². The number of hydrogen-bond acceptors (Lipinski definition) is 9. The molecule has 13 heteroatoms. The Morgan fingerprint density at radius 3 is 2.81 bits per heavy atom. The number of methoxy groups -OCH3 is 1. The van der Waals surface area contributed by atoms with Crippen molar-refractivity contribution in [1.82, 2.24) is 19.5 Å². The maximum absolute atomic E-state index is 15.3. The maximum Gasteiger partial charge on any atom is 0.244 e. The van der Waals surface area contributed by atoms with Gasteiger partial charge in [0.25, 0.3) is 0 Å². The standard InChI is InChI=1S/C24H29F3N8O2/c1-13(25)8-29-20-7-14(3-4-19(20)32-28)21-17(27)10-35-22(21)23(36-2)31-24(33-35)30-18-5-6-34(9-16(18)26)15-11-37-12-15/h3-4,7,10,13,15-16,18,28-29H,5-6,8-9,11-12H2,1-2H3,(H,30,33)/t13-,16-,18+/m1/s1. The summed E-state index contributed by atoms with van der Waals surface area (Å²) in [5.74, 6) is -0.344. The number of fused-ring (bicyclic) bond motifs is 1. The Morgan fingerprint density at radius 2 is 2.16 bits per heavy atom. The fourth-order valence-electron chi connectivity index (χ4n) is 4.70. The topological polar surface area (TPSA) is 112 Å². The van der Waals surface area contributed by atoms with Gasteiger partial charge in [0, 0.05) is 19.6 Å². The summed E-state index contributed by atoms with van der Waals surface area (Å²) in [6, 6.07) is 4.52. The predicted octanol–water partition coefficient (Wildman–Crippen LogP) is 4.20. The Kier molecular flexibility index (Phi) is 7.15. The Hall–Kier alpha value is -3.45. The molecule has 2 aromatic heterocycles. The quantitative estimate of drug-likeness (QED) is 0.364. The Bertz CT molecular complexity index is 1280. The second-order valence-corrected chi connectivity index (χ2v) is 9.34. The van der Waals surface area contributed by atoms with Crippen LogP contribution < -0.4 is 15.4 Å². The van der Waals surface area contributed by atoms with Gasteiger partial charge in [0.05, 0.1) is 49.9 Å². The molecule has 3 N–H and O–H groups in total. The third kappa shape index (κ3) is 5.05. The molecule has 2 fully saturated rings. The first-order valence-electron chi connectivity index (χ1n) is 12.1. The van der Waals surface area contributed by atoms with Gasteiger partial charge in [-0.05, 0) is 31.0 Å². The van der Waals surface area contributed by atoms with E-state index in [-0.39, 0.29) is 35.5 Å². The largest absolute Gasteiger partial charge is 0.479 e. The molecular formula is C24H29F3N8O2. The van der Waals surface area contributed by atoms with E-state index in [9.17, 15) is 8.78 Å². The molecule has 4 heterocycles. The number of anilines is 2. The van der Waals surface area contributed by atoms with E-state index in [0.717, 1.165) is 6.54 Å². The summed E-state index contributed by atoms with van der Waals surface area (Å²) in [7, 11) is 1.41. The molecular weight excluding hydrogens is 489 g/mol. The van der Waals surface area contributed by atoms with Crippen molar-refractivity contribution in [2.24, 2.45) is 5.11 Å². The van der Waals surface area contributed by atoms with E-state index in [2.05, 4.69) is 30.7 Å². The maximum atomic E-state index is 15.3. The summed E-state index contributed by atoms with van der Waals surface area (Å²) in [5.41, 5.74) is 8.96. The van der Waals surface area contributed by atoms with Crippen molar-refractivity contribution in [1.29, 1.82) is 5.53 Å². The smallest absolute Gasteiger partial charge is 0.244 e. The third-order valence-corrected chi connectivity index (χ3v) is 6.75. The number of nitrogens with one attached hydrogen (secondary N) is 3. The average molecular weight is 519 g/mol. The first-order valence-corrected chi connectivity index (χ1v) is 12.1. The summed E-state index contributed by atoms with van der Waals surface area (Å²) in [6.45, 7) is 3.71. The number of likely N-dealkylation sites (tertiary alicyclic amines) is 1. The molecule has 5 rings (SSSR count). The molecule has 198 valence electrons. The summed E-state index contributed by atoms with van der Waals surface area (Å²) >= 11 is 0. The van der Waals surface area contributed by atoms with Crippen molar-refractivity contribution in [2.45, 2.75) is 37.8 Å². The number of ether oxygens (including phenoxy) is 2. The Labute approximate surface area is 211 Å². The van der Waals surface area contributed by atoms with Crippen molar-refractivity contribution >= 4 is 22.8 Å². The molecule has 2 aliphatic heterocycles. The zero-order chi connectivity index (χ0) is 26.1. The van der Waals surface area contributed by atoms with Gasteiger partial charge in [0.15, 0.2) is 5.82 Å². The minimum atomic E-state index is -1.13. The highest BCUT2D eigenvalue weighted by atomic mass is 19.1. The zero-order valence-corrected chi connectivity index (χ0v) is 20.5. The first kappa shape index (κ1) is 25.2. The number of aromatic nitrogens is 3. The number of rotatable bonds is 9. The molecule has 1 aromatic carbocycles. The van der Waals surface area contributed by atoms with Gasteiger partial charge in [0.1, 0.15) is 23.5 Å². The highest BCUT2D eigenvalue weighted by molar-refractivity contribution is 5.88. The molecule has 0 aliphatic carbocycles. The minimum Gasteiger partial charge on any atom is -0.479 e. The molecule has 2 saturated heterocycles. The van der Waals surface area contributed by atoms with Gasteiger partial charge in [-0.1, -0.05) is 6.07 Å². The monoisotopic (exact) mass is 518 g/mol. The second kappa shape index (κ2) is 10.5. The lowest BCUT2D eigenvalue weighted by atomic mass is 10.0. The molecule has 3 aromatic rings. The molecule has 10 nitrogen and oxygen atoms in total. The van der Waals surface area contributed by atoms with E-state index in [4.69, 9.17) is 15.0 Å². The fraction of sp³-hybridized carbons (Fsp3) is 0.500. The third-order valence-electron chi connectivity index (χ3n) is 6.75. The van der Waals surface area contributed by atoms with Gasteiger partial charge in [-0.3, -0.25) is 4.90 Å². The van der Waals surface area contributed by atoms with Gasteiger partial charge in [-0.15, -0.1) is 5.10 Å². The number of piperidine rings is 1. The summed E-state index contributed by atoms with van der Waals surface area (Å²) < 4.78 is 55.6. The van der Waals surface area contributed by atoms with Crippen LogP contribution in [0.4, 0.5) is 30.5 Å². The molecule has 0 unspecified atom stereocenters. The van der Waals surface area contributed by atoms with E-state index >= 15 is 4.39 Å². The second-order valence-electron chi connectivity index (χ2n) is 9.34. The molecule has 0 bridgehead atoms. The van der Waals surface area contributed by atoms with Crippen LogP contribution in [0.1, 0.15) is 13.3 Å². The molecule has 2 aliphatic rings. The Balaban J connectivity index is 1.43. The fourth-order valence-corrected chi connectivity index (χ4v) is 4.70. The average Bonchev–Trinajstić information content (AvgIpc) is 3.18. The summed E-state index contributed by atoms with van der Waals surface area (Å²) in [6.07, 6.45) is -0.494. The molecule has 0 saturated carbocycles. The van der Waals surface area contributed by atoms with E-state index in [1.165, 1.54) is 24.7 Å². The lowest BCUT2D eigenvalue weighted by molar-refractivity contribution is -0.0794. The van der Waals surface area contributed by atoms with Gasteiger partial charge >= 0.3 is 0 Å². The van der Waals surface area contributed by atoms with Crippen molar-refractivity contribution in [3.05, 3.63) is 30.2 Å². The van der Waals surface area contributed by atoms with Crippen LogP contribution in [0.25, 0.3) is 16.6 Å². The molecule has 0 spiro atoms. The summed E-state index contributed by atoms with van der Waals surface area (Å²) in [5, 5.41) is 13.8. The van der Waals surface area contributed by atoms with E-state index < -0.39 is 24.2 Å². The summed E-state index contributed by atoms with van der Waals surface area (Å²) in [4.78, 5) is 6.50. The van der Waals surface area contributed by atoms with Crippen LogP contribution in [0.3, 0.4) is 0 Å². The normalized spacial score (nSPS) is 21.4. The van der Waals surface area contributed by atoms with Crippen LogP contribution in [-0.2, 0) is 4.74 Å². The van der Waals surface area contributed by atoms with Gasteiger partial charge in [-0.25, -0.2) is 23.2 Å². The number of hydrogen-bond donors (Lipinski definition) is 3. The van der Waals surface area contributed by atoms with Crippen molar-refractivity contribution in [2.75, 3.05) is 50.6 Å². The molecule has 0 amide bonds. The van der Waals surface area contributed by atoms with Gasteiger partial charge in [0.2, 0.25) is 11.8 Å². The highest BCUT2D eigenvalue weighted by Gasteiger charge is 2.36. The Morgan fingerprint density at radius 1 is 1.35 bits per heavy atom. The molecule has 37 heavy (non-hydrogen) atoms.